The molecule has 0 saturated heterocycles. The summed E-state index contributed by atoms with van der Waals surface area (Å²) in [5.74, 6) is 0. The molecule has 1 aromatic heterocycles. The lowest BCUT2D eigenvalue weighted by atomic mass is 9.93. The Labute approximate surface area is 125 Å². The molecule has 4 heteroatoms. The maximum atomic E-state index is 11.7. The van der Waals surface area contributed by atoms with Crippen molar-refractivity contribution in [3.05, 3.63) is 45.8 Å². The quantitative estimate of drug-likeness (QED) is 0.859. The van der Waals surface area contributed by atoms with E-state index in [1.165, 1.54) is 0 Å². The molecule has 0 radical (unpaired) electrons. The Morgan fingerprint density at radius 1 is 1.29 bits per heavy atom. The van der Waals surface area contributed by atoms with Gasteiger partial charge in [-0.05, 0) is 43.1 Å². The Kier molecular flexibility index (Phi) is 4.49. The van der Waals surface area contributed by atoms with Gasteiger partial charge >= 0.3 is 5.63 Å². The van der Waals surface area contributed by atoms with E-state index in [2.05, 4.69) is 18.7 Å². The monoisotopic (exact) mass is 288 g/mol. The first kappa shape index (κ1) is 15.7. The second-order valence-corrected chi connectivity index (χ2v) is 6.63. The predicted octanol–water partition coefficient (Wildman–Crippen LogP) is 2.52. The molecule has 21 heavy (non-hydrogen) atoms. The van der Waals surface area contributed by atoms with E-state index >= 15 is 0 Å². The van der Waals surface area contributed by atoms with Crippen molar-refractivity contribution in [3.8, 4) is 0 Å². The molecular formula is C17H24N2O2. The van der Waals surface area contributed by atoms with Gasteiger partial charge in [-0.15, -0.1) is 0 Å². The minimum Gasteiger partial charge on any atom is -0.423 e. The number of aryl methyl sites for hydroxylation is 1. The third kappa shape index (κ3) is 3.93. The molecule has 0 unspecified atom stereocenters. The molecule has 0 saturated carbocycles. The molecule has 2 rings (SSSR count). The normalized spacial score (nSPS) is 12.3. The van der Waals surface area contributed by atoms with Gasteiger partial charge in [-0.1, -0.05) is 26.0 Å². The number of hydrogen-bond acceptors (Lipinski definition) is 4. The van der Waals surface area contributed by atoms with Crippen LogP contribution in [-0.2, 0) is 6.54 Å². The van der Waals surface area contributed by atoms with E-state index in [4.69, 9.17) is 10.2 Å². The topological polar surface area (TPSA) is 59.5 Å². The molecule has 0 amide bonds. The zero-order valence-electron chi connectivity index (χ0n) is 13.3. The molecule has 2 N–H and O–H groups in total. The Balaban J connectivity index is 2.32. The summed E-state index contributed by atoms with van der Waals surface area (Å²) in [4.78, 5) is 13.9. The molecule has 1 aromatic carbocycles. The molecule has 114 valence electrons. The zero-order valence-corrected chi connectivity index (χ0v) is 13.3. The van der Waals surface area contributed by atoms with Crippen LogP contribution in [0.3, 0.4) is 0 Å². The van der Waals surface area contributed by atoms with Crippen LogP contribution >= 0.6 is 0 Å². The van der Waals surface area contributed by atoms with Crippen molar-refractivity contribution in [2.45, 2.75) is 27.3 Å². The molecule has 4 nitrogen and oxygen atoms in total. The molecule has 0 bridgehead atoms. The highest BCUT2D eigenvalue weighted by atomic mass is 16.4. The van der Waals surface area contributed by atoms with E-state index in [0.717, 1.165) is 23.1 Å². The van der Waals surface area contributed by atoms with Crippen LogP contribution in [-0.4, -0.2) is 25.0 Å². The summed E-state index contributed by atoms with van der Waals surface area (Å²) < 4.78 is 5.29. The van der Waals surface area contributed by atoms with E-state index in [0.29, 0.717) is 18.7 Å². The first-order valence-corrected chi connectivity index (χ1v) is 7.23. The number of nitrogens with two attached hydrogens (primary N) is 1. The Morgan fingerprint density at radius 3 is 2.67 bits per heavy atom. The summed E-state index contributed by atoms with van der Waals surface area (Å²) in [5.41, 5.74) is 8.28. The molecule has 2 aromatic rings. The van der Waals surface area contributed by atoms with Crippen LogP contribution < -0.4 is 11.4 Å². The van der Waals surface area contributed by atoms with E-state index in [9.17, 15) is 4.79 Å². The number of hydrogen-bond donors (Lipinski definition) is 1. The average molecular weight is 288 g/mol. The number of fused-ring (bicyclic) bond motifs is 1. The van der Waals surface area contributed by atoms with Gasteiger partial charge in [0.15, 0.2) is 0 Å². The van der Waals surface area contributed by atoms with Crippen molar-refractivity contribution >= 4 is 11.0 Å². The summed E-state index contributed by atoms with van der Waals surface area (Å²) in [5, 5.41) is 0.998. The van der Waals surface area contributed by atoms with Gasteiger partial charge in [-0.3, -0.25) is 0 Å². The average Bonchev–Trinajstić information content (AvgIpc) is 2.37. The Bertz CT molecular complexity index is 689. The van der Waals surface area contributed by atoms with E-state index < -0.39 is 0 Å². The van der Waals surface area contributed by atoms with E-state index in [1.807, 2.05) is 32.2 Å². The minimum atomic E-state index is -0.297. The molecule has 0 aliphatic rings. The predicted molar refractivity (Wildman–Crippen MR) is 86.4 cm³/mol. The minimum absolute atomic E-state index is 0.0561. The Hall–Kier alpha value is -1.65. The zero-order chi connectivity index (χ0) is 15.6. The van der Waals surface area contributed by atoms with E-state index in [-0.39, 0.29) is 11.0 Å². The highest BCUT2D eigenvalue weighted by Crippen LogP contribution is 2.21. The summed E-state index contributed by atoms with van der Waals surface area (Å²) in [7, 11) is 2.05. The van der Waals surface area contributed by atoms with E-state index in [1.54, 1.807) is 6.07 Å². The number of rotatable bonds is 5. The SMILES string of the molecule is Cc1ccc2c(CN(C)CC(C)(C)CN)cc(=O)oc2c1. The summed E-state index contributed by atoms with van der Waals surface area (Å²) in [6.07, 6.45) is 0. The van der Waals surface area contributed by atoms with Crippen molar-refractivity contribution < 1.29 is 4.42 Å². The Morgan fingerprint density at radius 2 is 2.00 bits per heavy atom. The third-order valence-electron chi connectivity index (χ3n) is 3.68. The van der Waals surface area contributed by atoms with Crippen LogP contribution in [0, 0.1) is 12.3 Å². The first-order chi connectivity index (χ1) is 9.80. The van der Waals surface area contributed by atoms with Crippen LogP contribution in [0.1, 0.15) is 25.0 Å². The maximum absolute atomic E-state index is 11.7. The molecular weight excluding hydrogens is 264 g/mol. The summed E-state index contributed by atoms with van der Waals surface area (Å²) >= 11 is 0. The number of nitrogens with zero attached hydrogens (tertiary/aromatic N) is 1. The largest absolute Gasteiger partial charge is 0.423 e. The van der Waals surface area contributed by atoms with Gasteiger partial charge in [-0.2, -0.15) is 0 Å². The van der Waals surface area contributed by atoms with Gasteiger partial charge in [0.25, 0.3) is 0 Å². The fourth-order valence-corrected chi connectivity index (χ4v) is 2.61. The summed E-state index contributed by atoms with van der Waals surface area (Å²) in [6.45, 7) is 8.48. The fourth-order valence-electron chi connectivity index (χ4n) is 2.61. The lowest BCUT2D eigenvalue weighted by molar-refractivity contribution is 0.210. The van der Waals surface area contributed by atoms with Crippen molar-refractivity contribution in [3.63, 3.8) is 0 Å². The van der Waals surface area contributed by atoms with Crippen LogP contribution in [0.25, 0.3) is 11.0 Å². The lowest BCUT2D eigenvalue weighted by Gasteiger charge is -2.29. The summed E-state index contributed by atoms with van der Waals surface area (Å²) in [6, 6.07) is 7.55. The van der Waals surface area contributed by atoms with Crippen molar-refractivity contribution in [2.75, 3.05) is 20.1 Å². The van der Waals surface area contributed by atoms with Crippen LogP contribution in [0.2, 0.25) is 0 Å². The number of benzene rings is 1. The molecule has 0 spiro atoms. The second kappa shape index (κ2) is 6.00. The van der Waals surface area contributed by atoms with Gasteiger partial charge in [0.05, 0.1) is 0 Å². The van der Waals surface area contributed by atoms with Gasteiger partial charge in [0.2, 0.25) is 0 Å². The van der Waals surface area contributed by atoms with Crippen molar-refractivity contribution in [1.82, 2.24) is 4.90 Å². The first-order valence-electron chi connectivity index (χ1n) is 7.23. The molecule has 0 fully saturated rings. The van der Waals surface area contributed by atoms with Gasteiger partial charge in [-0.25, -0.2) is 4.79 Å². The maximum Gasteiger partial charge on any atom is 0.336 e. The van der Waals surface area contributed by atoms with Crippen LogP contribution in [0.4, 0.5) is 0 Å². The van der Waals surface area contributed by atoms with Crippen LogP contribution in [0.5, 0.6) is 0 Å². The third-order valence-corrected chi connectivity index (χ3v) is 3.68. The highest BCUT2D eigenvalue weighted by Gasteiger charge is 2.19. The van der Waals surface area contributed by atoms with Gasteiger partial charge < -0.3 is 15.1 Å². The van der Waals surface area contributed by atoms with Crippen LogP contribution in [0.15, 0.2) is 33.5 Å². The standard InChI is InChI=1S/C17H24N2O2/c1-12-5-6-14-13(8-16(20)21-15(14)7-12)9-19(4)11-17(2,3)10-18/h5-8H,9-11,18H2,1-4H3. The van der Waals surface area contributed by atoms with Gasteiger partial charge in [0.1, 0.15) is 5.58 Å². The second-order valence-electron chi connectivity index (χ2n) is 6.63. The smallest absolute Gasteiger partial charge is 0.336 e. The van der Waals surface area contributed by atoms with Crippen molar-refractivity contribution in [2.24, 2.45) is 11.1 Å². The lowest BCUT2D eigenvalue weighted by Crippen LogP contribution is -2.36. The fraction of sp³-hybridized carbons (Fsp3) is 0.471. The molecule has 0 atom stereocenters. The molecule has 1 heterocycles. The molecule has 0 aliphatic heterocycles. The van der Waals surface area contributed by atoms with Gasteiger partial charge in [0, 0.05) is 24.5 Å². The highest BCUT2D eigenvalue weighted by molar-refractivity contribution is 5.80. The molecule has 0 aliphatic carbocycles. The van der Waals surface area contributed by atoms with Crippen molar-refractivity contribution in [1.29, 1.82) is 0 Å².